The Morgan fingerprint density at radius 2 is 2.35 bits per heavy atom. The van der Waals surface area contributed by atoms with Crippen LogP contribution in [0.4, 0.5) is 4.79 Å². The Morgan fingerprint density at radius 3 is 3.05 bits per heavy atom. The van der Waals surface area contributed by atoms with Gasteiger partial charge in [0.05, 0.1) is 12.7 Å². The molecule has 110 valence electrons. The van der Waals surface area contributed by atoms with Crippen LogP contribution in [0.5, 0.6) is 0 Å². The molecule has 1 aliphatic heterocycles. The van der Waals surface area contributed by atoms with Crippen molar-refractivity contribution in [2.75, 3.05) is 12.3 Å². The van der Waals surface area contributed by atoms with Gasteiger partial charge in [0, 0.05) is 11.8 Å². The molecule has 1 aromatic heterocycles. The van der Waals surface area contributed by atoms with Crippen molar-refractivity contribution in [2.24, 2.45) is 0 Å². The third-order valence-corrected chi connectivity index (χ3v) is 4.23. The van der Waals surface area contributed by atoms with Gasteiger partial charge < -0.3 is 15.7 Å². The van der Waals surface area contributed by atoms with Crippen LogP contribution in [0.1, 0.15) is 18.5 Å². The molecule has 2 heterocycles. The zero-order chi connectivity index (χ0) is 14.4. The van der Waals surface area contributed by atoms with Crippen LogP contribution in [0.15, 0.2) is 6.20 Å². The number of carbonyl (C=O) groups is 2. The average molecular weight is 299 g/mol. The van der Waals surface area contributed by atoms with Crippen LogP contribution in [0.3, 0.4) is 0 Å². The van der Waals surface area contributed by atoms with Crippen LogP contribution < -0.4 is 10.6 Å². The number of carbonyl (C=O) groups excluding carboxylic acids is 1. The molecule has 1 aromatic rings. The number of hydrogen-bond donors (Lipinski definition) is 3. The lowest BCUT2D eigenvalue weighted by atomic mass is 10.2. The molecule has 0 radical (unpaired) electrons. The van der Waals surface area contributed by atoms with E-state index < -0.39 is 5.97 Å². The Hall–Kier alpha value is -1.77. The van der Waals surface area contributed by atoms with Crippen molar-refractivity contribution in [2.45, 2.75) is 31.2 Å². The Balaban J connectivity index is 1.67. The van der Waals surface area contributed by atoms with Crippen LogP contribution in [0, 0.1) is 0 Å². The topological polar surface area (TPSA) is 109 Å². The first-order valence-electron chi connectivity index (χ1n) is 6.37. The number of carboxylic acid groups (broad SMARTS) is 1. The SMILES string of the molecule is O=C(O)Cn1cc(CNC(=O)NCC2CCCS2)nn1. The van der Waals surface area contributed by atoms with Crippen molar-refractivity contribution >= 4 is 23.8 Å². The number of aromatic nitrogens is 3. The quantitative estimate of drug-likeness (QED) is 0.685. The Morgan fingerprint density at radius 1 is 1.50 bits per heavy atom. The van der Waals surface area contributed by atoms with Crippen LogP contribution in [0.25, 0.3) is 0 Å². The number of hydrogen-bond acceptors (Lipinski definition) is 5. The highest BCUT2D eigenvalue weighted by atomic mass is 32.2. The molecule has 0 aromatic carbocycles. The summed E-state index contributed by atoms with van der Waals surface area (Å²) in [5, 5.41) is 22.0. The van der Waals surface area contributed by atoms with Crippen molar-refractivity contribution in [3.05, 3.63) is 11.9 Å². The summed E-state index contributed by atoms with van der Waals surface area (Å²) in [4.78, 5) is 22.1. The fourth-order valence-corrected chi connectivity index (χ4v) is 3.08. The molecule has 1 unspecified atom stereocenters. The van der Waals surface area contributed by atoms with E-state index in [9.17, 15) is 9.59 Å². The Labute approximate surface area is 120 Å². The van der Waals surface area contributed by atoms with E-state index in [0.29, 0.717) is 17.5 Å². The monoisotopic (exact) mass is 299 g/mol. The standard InChI is InChI=1S/C11H17N5O3S/c17-10(18)7-16-6-8(14-15-16)4-12-11(19)13-5-9-2-1-3-20-9/h6,9H,1-5,7H2,(H,17,18)(H2,12,13,19). The molecular formula is C11H17N5O3S. The van der Waals surface area contributed by atoms with Gasteiger partial charge in [-0.1, -0.05) is 5.21 Å². The molecule has 0 saturated carbocycles. The van der Waals surface area contributed by atoms with E-state index in [0.717, 1.165) is 6.42 Å². The molecule has 9 heteroatoms. The van der Waals surface area contributed by atoms with Gasteiger partial charge >= 0.3 is 12.0 Å². The van der Waals surface area contributed by atoms with Gasteiger partial charge in [0.1, 0.15) is 12.2 Å². The van der Waals surface area contributed by atoms with Gasteiger partial charge in [-0.3, -0.25) is 4.79 Å². The van der Waals surface area contributed by atoms with E-state index in [1.165, 1.54) is 23.1 Å². The van der Waals surface area contributed by atoms with E-state index in [1.54, 1.807) is 0 Å². The maximum Gasteiger partial charge on any atom is 0.325 e. The molecule has 1 fully saturated rings. The highest BCUT2D eigenvalue weighted by molar-refractivity contribution is 8.00. The van der Waals surface area contributed by atoms with Crippen LogP contribution in [-0.4, -0.2) is 49.6 Å². The maximum atomic E-state index is 11.6. The second-order valence-corrected chi connectivity index (χ2v) is 5.91. The largest absolute Gasteiger partial charge is 0.480 e. The fourth-order valence-electron chi connectivity index (χ4n) is 1.88. The third-order valence-electron chi connectivity index (χ3n) is 2.83. The van der Waals surface area contributed by atoms with E-state index in [-0.39, 0.29) is 19.1 Å². The lowest BCUT2D eigenvalue weighted by Crippen LogP contribution is -2.38. The normalized spacial score (nSPS) is 17.9. The first-order chi connectivity index (χ1) is 9.63. The van der Waals surface area contributed by atoms with Gasteiger partial charge in [-0.2, -0.15) is 11.8 Å². The van der Waals surface area contributed by atoms with Gasteiger partial charge in [0.2, 0.25) is 0 Å². The predicted octanol–water partition coefficient (Wildman–Crippen LogP) is 0.0575. The highest BCUT2D eigenvalue weighted by Gasteiger charge is 2.16. The van der Waals surface area contributed by atoms with Crippen LogP contribution in [0.2, 0.25) is 0 Å². The summed E-state index contributed by atoms with van der Waals surface area (Å²) in [6.07, 6.45) is 3.86. The molecular weight excluding hydrogens is 282 g/mol. The van der Waals surface area contributed by atoms with Crippen molar-refractivity contribution < 1.29 is 14.7 Å². The molecule has 1 atom stereocenters. The average Bonchev–Trinajstić information content (AvgIpc) is 3.04. The van der Waals surface area contributed by atoms with Gasteiger partial charge in [0.15, 0.2) is 0 Å². The second kappa shape index (κ2) is 7.13. The lowest BCUT2D eigenvalue weighted by molar-refractivity contribution is -0.137. The molecule has 2 amide bonds. The first kappa shape index (κ1) is 14.6. The molecule has 0 spiro atoms. The molecule has 3 N–H and O–H groups in total. The molecule has 0 bridgehead atoms. The molecule has 1 saturated heterocycles. The van der Waals surface area contributed by atoms with Crippen molar-refractivity contribution in [1.29, 1.82) is 0 Å². The minimum atomic E-state index is -0.985. The molecule has 0 aliphatic carbocycles. The summed E-state index contributed by atoms with van der Waals surface area (Å²) in [5.74, 6) is 0.182. The minimum absolute atomic E-state index is 0.225. The van der Waals surface area contributed by atoms with Crippen molar-refractivity contribution in [3.8, 4) is 0 Å². The van der Waals surface area contributed by atoms with Gasteiger partial charge in [-0.15, -0.1) is 5.10 Å². The first-order valence-corrected chi connectivity index (χ1v) is 7.42. The number of urea groups is 1. The number of nitrogens with one attached hydrogen (secondary N) is 2. The summed E-state index contributed by atoms with van der Waals surface area (Å²) >= 11 is 1.88. The molecule has 2 rings (SSSR count). The van der Waals surface area contributed by atoms with E-state index in [4.69, 9.17) is 5.11 Å². The van der Waals surface area contributed by atoms with Crippen molar-refractivity contribution in [1.82, 2.24) is 25.6 Å². The highest BCUT2D eigenvalue weighted by Crippen LogP contribution is 2.25. The number of thioether (sulfide) groups is 1. The number of rotatable bonds is 6. The number of nitrogens with zero attached hydrogens (tertiary/aromatic N) is 3. The summed E-state index contributed by atoms with van der Waals surface area (Å²) in [5.41, 5.74) is 0.525. The third kappa shape index (κ3) is 4.72. The maximum absolute atomic E-state index is 11.6. The van der Waals surface area contributed by atoms with E-state index in [1.807, 2.05) is 11.8 Å². The number of amides is 2. The van der Waals surface area contributed by atoms with Gasteiger partial charge in [-0.05, 0) is 18.6 Å². The van der Waals surface area contributed by atoms with Crippen LogP contribution >= 0.6 is 11.8 Å². The van der Waals surface area contributed by atoms with Gasteiger partial charge in [0.25, 0.3) is 0 Å². The number of aliphatic carboxylic acids is 1. The smallest absolute Gasteiger partial charge is 0.325 e. The van der Waals surface area contributed by atoms with E-state index in [2.05, 4.69) is 20.9 Å². The Bertz CT molecular complexity index is 472. The van der Waals surface area contributed by atoms with E-state index >= 15 is 0 Å². The molecule has 8 nitrogen and oxygen atoms in total. The minimum Gasteiger partial charge on any atom is -0.480 e. The molecule has 20 heavy (non-hydrogen) atoms. The fraction of sp³-hybridized carbons (Fsp3) is 0.636. The summed E-state index contributed by atoms with van der Waals surface area (Å²) in [7, 11) is 0. The predicted molar refractivity (Wildman–Crippen MR) is 73.4 cm³/mol. The molecule has 1 aliphatic rings. The van der Waals surface area contributed by atoms with Crippen LogP contribution in [-0.2, 0) is 17.9 Å². The zero-order valence-corrected chi connectivity index (χ0v) is 11.7. The number of carboxylic acids is 1. The second-order valence-electron chi connectivity index (χ2n) is 4.50. The Kier molecular flexibility index (Phi) is 5.22. The summed E-state index contributed by atoms with van der Waals surface area (Å²) < 4.78 is 1.21. The van der Waals surface area contributed by atoms with Crippen molar-refractivity contribution in [3.63, 3.8) is 0 Å². The zero-order valence-electron chi connectivity index (χ0n) is 10.9. The summed E-state index contributed by atoms with van der Waals surface area (Å²) in [6, 6.07) is -0.245. The summed E-state index contributed by atoms with van der Waals surface area (Å²) in [6.45, 7) is 0.656. The lowest BCUT2D eigenvalue weighted by Gasteiger charge is -2.10. The van der Waals surface area contributed by atoms with Gasteiger partial charge in [-0.25, -0.2) is 9.48 Å².